The van der Waals surface area contributed by atoms with Gasteiger partial charge in [-0.25, -0.2) is 0 Å². The fraction of sp³-hybridized carbons (Fsp3) is 0.833. The first-order valence-electron chi connectivity index (χ1n) is 5.82. The van der Waals surface area contributed by atoms with E-state index in [1.54, 1.807) is 0 Å². The largest absolute Gasteiger partial charge is 0.313 e. The highest BCUT2D eigenvalue weighted by atomic mass is 15.2. The standard InChI is InChI=1S/C12H24N2/c1-4-9-14(11(2)3)10-12-7-5-6-8-13-12/h4,11-13H,1,5-10H2,2-3H3. The van der Waals surface area contributed by atoms with Gasteiger partial charge >= 0.3 is 0 Å². The molecular weight excluding hydrogens is 172 g/mol. The first-order valence-corrected chi connectivity index (χ1v) is 5.82. The number of hydrogen-bond acceptors (Lipinski definition) is 2. The molecule has 1 N–H and O–H groups in total. The molecule has 0 amide bonds. The Balaban J connectivity index is 2.33. The van der Waals surface area contributed by atoms with E-state index in [-0.39, 0.29) is 0 Å². The minimum absolute atomic E-state index is 0.622. The predicted octanol–water partition coefficient (Wildman–Crippen LogP) is 2.02. The van der Waals surface area contributed by atoms with Gasteiger partial charge in [-0.2, -0.15) is 0 Å². The van der Waals surface area contributed by atoms with E-state index < -0.39 is 0 Å². The Morgan fingerprint density at radius 1 is 1.50 bits per heavy atom. The summed E-state index contributed by atoms with van der Waals surface area (Å²) in [5.74, 6) is 0. The van der Waals surface area contributed by atoms with Crippen molar-refractivity contribution in [3.63, 3.8) is 0 Å². The Kier molecular flexibility index (Phi) is 5.20. The lowest BCUT2D eigenvalue weighted by Crippen LogP contribution is -2.45. The van der Waals surface area contributed by atoms with Crippen LogP contribution < -0.4 is 5.32 Å². The Morgan fingerprint density at radius 3 is 2.79 bits per heavy atom. The molecule has 0 aliphatic carbocycles. The molecule has 1 aliphatic rings. The second kappa shape index (κ2) is 6.20. The van der Waals surface area contributed by atoms with E-state index in [9.17, 15) is 0 Å². The van der Waals surface area contributed by atoms with Crippen molar-refractivity contribution in [1.82, 2.24) is 10.2 Å². The minimum atomic E-state index is 0.622. The van der Waals surface area contributed by atoms with Crippen LogP contribution in [0.3, 0.4) is 0 Å². The number of hydrogen-bond donors (Lipinski definition) is 1. The summed E-state index contributed by atoms with van der Waals surface area (Å²) >= 11 is 0. The molecule has 0 spiro atoms. The summed E-state index contributed by atoms with van der Waals surface area (Å²) in [5, 5.41) is 3.59. The highest BCUT2D eigenvalue weighted by Crippen LogP contribution is 2.10. The molecule has 1 rings (SSSR count). The van der Waals surface area contributed by atoms with Crippen LogP contribution in [-0.2, 0) is 0 Å². The van der Waals surface area contributed by atoms with Crippen molar-refractivity contribution in [2.75, 3.05) is 19.6 Å². The molecular formula is C12H24N2. The Hall–Kier alpha value is -0.340. The smallest absolute Gasteiger partial charge is 0.0195 e. The Labute approximate surface area is 88.4 Å². The van der Waals surface area contributed by atoms with Gasteiger partial charge in [0.25, 0.3) is 0 Å². The van der Waals surface area contributed by atoms with Crippen molar-refractivity contribution >= 4 is 0 Å². The van der Waals surface area contributed by atoms with E-state index in [1.165, 1.54) is 32.4 Å². The van der Waals surface area contributed by atoms with Gasteiger partial charge in [-0.1, -0.05) is 12.5 Å². The molecule has 0 saturated carbocycles. The van der Waals surface area contributed by atoms with Crippen molar-refractivity contribution < 1.29 is 0 Å². The number of rotatable bonds is 5. The predicted molar refractivity (Wildman–Crippen MR) is 62.5 cm³/mol. The molecule has 1 unspecified atom stereocenters. The summed E-state index contributed by atoms with van der Waals surface area (Å²) in [7, 11) is 0. The van der Waals surface area contributed by atoms with Crippen LogP contribution in [0.25, 0.3) is 0 Å². The van der Waals surface area contributed by atoms with Gasteiger partial charge in [-0.05, 0) is 33.2 Å². The maximum Gasteiger partial charge on any atom is 0.0195 e. The van der Waals surface area contributed by atoms with E-state index >= 15 is 0 Å². The lowest BCUT2D eigenvalue weighted by molar-refractivity contribution is 0.203. The fourth-order valence-electron chi connectivity index (χ4n) is 2.02. The molecule has 0 aromatic carbocycles. The molecule has 1 aliphatic heterocycles. The molecule has 14 heavy (non-hydrogen) atoms. The summed E-state index contributed by atoms with van der Waals surface area (Å²) in [6, 6.07) is 1.32. The maximum absolute atomic E-state index is 3.81. The average Bonchev–Trinajstić information content (AvgIpc) is 2.18. The normalized spacial score (nSPS) is 23.0. The summed E-state index contributed by atoms with van der Waals surface area (Å²) in [6.45, 7) is 11.7. The van der Waals surface area contributed by atoms with Crippen LogP contribution in [0, 0.1) is 0 Å². The summed E-state index contributed by atoms with van der Waals surface area (Å²) < 4.78 is 0. The molecule has 1 fully saturated rings. The zero-order valence-corrected chi connectivity index (χ0v) is 9.63. The number of nitrogens with zero attached hydrogens (tertiary/aromatic N) is 1. The first kappa shape index (κ1) is 11.7. The Morgan fingerprint density at radius 2 is 2.29 bits per heavy atom. The monoisotopic (exact) mass is 196 g/mol. The van der Waals surface area contributed by atoms with E-state index in [0.29, 0.717) is 12.1 Å². The topological polar surface area (TPSA) is 15.3 Å². The summed E-state index contributed by atoms with van der Waals surface area (Å²) in [4.78, 5) is 2.48. The second-order valence-electron chi connectivity index (χ2n) is 4.48. The van der Waals surface area contributed by atoms with Crippen LogP contribution in [0.2, 0.25) is 0 Å². The molecule has 2 nitrogen and oxygen atoms in total. The van der Waals surface area contributed by atoms with Gasteiger partial charge in [-0.15, -0.1) is 6.58 Å². The van der Waals surface area contributed by atoms with Crippen LogP contribution in [0.15, 0.2) is 12.7 Å². The SMILES string of the molecule is C=CCN(CC1CCCCN1)C(C)C. The molecule has 2 heteroatoms. The van der Waals surface area contributed by atoms with Crippen LogP contribution in [0.4, 0.5) is 0 Å². The molecule has 0 aromatic heterocycles. The molecule has 1 saturated heterocycles. The van der Waals surface area contributed by atoms with Gasteiger partial charge < -0.3 is 5.32 Å². The molecule has 1 heterocycles. The van der Waals surface area contributed by atoms with E-state index in [2.05, 4.69) is 30.6 Å². The van der Waals surface area contributed by atoms with Crippen LogP contribution in [0.5, 0.6) is 0 Å². The third kappa shape index (κ3) is 3.81. The van der Waals surface area contributed by atoms with Gasteiger partial charge in [0, 0.05) is 25.2 Å². The summed E-state index contributed by atoms with van der Waals surface area (Å²) in [6.07, 6.45) is 6.07. The van der Waals surface area contributed by atoms with Crippen molar-refractivity contribution in [3.8, 4) is 0 Å². The second-order valence-corrected chi connectivity index (χ2v) is 4.48. The number of piperidine rings is 1. The van der Waals surface area contributed by atoms with Gasteiger partial charge in [-0.3, -0.25) is 4.90 Å². The van der Waals surface area contributed by atoms with Gasteiger partial charge in [0.05, 0.1) is 0 Å². The van der Waals surface area contributed by atoms with Crippen molar-refractivity contribution in [2.24, 2.45) is 0 Å². The molecule has 1 atom stereocenters. The third-order valence-corrected chi connectivity index (χ3v) is 2.96. The average molecular weight is 196 g/mol. The first-order chi connectivity index (χ1) is 6.74. The molecule has 82 valence electrons. The van der Waals surface area contributed by atoms with E-state index in [0.717, 1.165) is 6.54 Å². The fourth-order valence-corrected chi connectivity index (χ4v) is 2.02. The van der Waals surface area contributed by atoms with Gasteiger partial charge in [0.15, 0.2) is 0 Å². The highest BCUT2D eigenvalue weighted by molar-refractivity contribution is 4.81. The van der Waals surface area contributed by atoms with Crippen molar-refractivity contribution in [1.29, 1.82) is 0 Å². The minimum Gasteiger partial charge on any atom is -0.313 e. The van der Waals surface area contributed by atoms with Gasteiger partial charge in [0.1, 0.15) is 0 Å². The van der Waals surface area contributed by atoms with Crippen LogP contribution in [0.1, 0.15) is 33.1 Å². The molecule has 0 radical (unpaired) electrons. The van der Waals surface area contributed by atoms with Crippen LogP contribution in [-0.4, -0.2) is 36.6 Å². The third-order valence-electron chi connectivity index (χ3n) is 2.96. The zero-order chi connectivity index (χ0) is 10.4. The van der Waals surface area contributed by atoms with Gasteiger partial charge in [0.2, 0.25) is 0 Å². The van der Waals surface area contributed by atoms with Crippen LogP contribution >= 0.6 is 0 Å². The number of nitrogens with one attached hydrogen (secondary N) is 1. The Bertz CT molecular complexity index is 160. The zero-order valence-electron chi connectivity index (χ0n) is 9.63. The van der Waals surface area contributed by atoms with E-state index in [1.807, 2.05) is 6.08 Å². The quantitative estimate of drug-likeness (QED) is 0.677. The lowest BCUT2D eigenvalue weighted by Gasteiger charge is -2.32. The highest BCUT2D eigenvalue weighted by Gasteiger charge is 2.17. The summed E-state index contributed by atoms with van der Waals surface area (Å²) in [5.41, 5.74) is 0. The lowest BCUT2D eigenvalue weighted by atomic mass is 10.0. The van der Waals surface area contributed by atoms with Crippen molar-refractivity contribution in [2.45, 2.75) is 45.2 Å². The molecule has 0 bridgehead atoms. The van der Waals surface area contributed by atoms with Crippen molar-refractivity contribution in [3.05, 3.63) is 12.7 Å². The maximum atomic E-state index is 3.81. The van der Waals surface area contributed by atoms with E-state index in [4.69, 9.17) is 0 Å². The molecule has 0 aromatic rings.